The Morgan fingerprint density at radius 3 is 1.36 bits per heavy atom. The Morgan fingerprint density at radius 2 is 0.898 bits per heavy atom. The zero-order valence-electron chi connectivity index (χ0n) is 37.5. The Labute approximate surface area is 363 Å². The minimum absolute atomic E-state index is 0.0137. The van der Waals surface area contributed by atoms with E-state index in [2.05, 4.69) is 137 Å². The van der Waals surface area contributed by atoms with Crippen LogP contribution in [-0.2, 0) is 14.3 Å². The van der Waals surface area contributed by atoms with Crippen molar-refractivity contribution in [2.24, 2.45) is 0 Å². The van der Waals surface area contributed by atoms with Crippen LogP contribution in [0, 0.1) is 0 Å². The molecule has 0 aromatic heterocycles. The highest BCUT2D eigenvalue weighted by Crippen LogP contribution is 2.37. The molecule has 324 valence electrons. The molecule has 0 radical (unpaired) electrons. The Bertz CT molecular complexity index is 1670. The van der Waals surface area contributed by atoms with Gasteiger partial charge in [-0.1, -0.05) is 226 Å². The van der Waals surface area contributed by atoms with Crippen molar-refractivity contribution in [1.82, 2.24) is 0 Å². The molecule has 0 spiro atoms. The Balaban J connectivity index is 1.31. The molecule has 0 aliphatic carbocycles. The van der Waals surface area contributed by atoms with Gasteiger partial charge < -0.3 is 4.43 Å². The van der Waals surface area contributed by atoms with E-state index in [1.54, 1.807) is 12.1 Å². The molecular weight excluding hydrogens is 757 g/mol. The maximum Gasteiger partial charge on any atom is 0.261 e. The number of rotatable bonds is 32. The third kappa shape index (κ3) is 18.9. The molecule has 3 aromatic rings. The van der Waals surface area contributed by atoms with Gasteiger partial charge in [0.05, 0.1) is 10.1 Å². The maximum absolute atomic E-state index is 13.7. The van der Waals surface area contributed by atoms with Gasteiger partial charge in [0.1, 0.15) is 0 Å². The lowest BCUT2D eigenvalue weighted by atomic mass is 10.0. The van der Waals surface area contributed by atoms with E-state index < -0.39 is 18.2 Å². The van der Waals surface area contributed by atoms with Crippen molar-refractivity contribution in [3.8, 4) is 0 Å². The van der Waals surface area contributed by atoms with E-state index in [1.165, 1.54) is 74.6 Å². The molecule has 0 fully saturated rings. The molecule has 1 atom stereocenters. The van der Waals surface area contributed by atoms with Crippen molar-refractivity contribution >= 4 is 28.5 Å². The first-order valence-corrected chi connectivity index (χ1v) is 26.8. The summed E-state index contributed by atoms with van der Waals surface area (Å²) in [6, 6.07) is 31.0. The molecule has 3 rings (SSSR count). The Kier molecular flexibility index (Phi) is 25.4. The number of benzene rings is 3. The first-order chi connectivity index (χ1) is 28.7. The van der Waals surface area contributed by atoms with Gasteiger partial charge in [0.25, 0.3) is 8.32 Å². The van der Waals surface area contributed by atoms with Gasteiger partial charge in [0, 0.05) is 6.61 Å². The molecular formula is C54H80O3SSi. The molecule has 3 nitrogen and oxygen atoms in total. The second-order valence-electron chi connectivity index (χ2n) is 17.3. The number of unbranched alkanes of at least 4 members (excludes halogenated alkanes) is 13. The van der Waals surface area contributed by atoms with E-state index in [0.29, 0.717) is 4.90 Å². The lowest BCUT2D eigenvalue weighted by Crippen LogP contribution is -2.66. The van der Waals surface area contributed by atoms with Crippen LogP contribution >= 0.6 is 0 Å². The summed E-state index contributed by atoms with van der Waals surface area (Å²) < 4.78 is 34.4. The minimum Gasteiger partial charge on any atom is -0.407 e. The summed E-state index contributed by atoms with van der Waals surface area (Å²) in [6.45, 7) is 10.1. The van der Waals surface area contributed by atoms with Crippen LogP contribution in [0.3, 0.4) is 0 Å². The van der Waals surface area contributed by atoms with E-state index in [0.717, 1.165) is 77.2 Å². The van der Waals surface area contributed by atoms with E-state index >= 15 is 0 Å². The summed E-state index contributed by atoms with van der Waals surface area (Å²) in [4.78, 5) is 0.474. The third-order valence-electron chi connectivity index (χ3n) is 11.5. The zero-order chi connectivity index (χ0) is 42.3. The Morgan fingerprint density at radius 1 is 0.508 bits per heavy atom. The van der Waals surface area contributed by atoms with Crippen molar-refractivity contribution in [3.05, 3.63) is 140 Å². The SMILES string of the molecule is CCCCC/C=C\C/C=C\C/C=C\C/C=C\CCCCC(CCCCCCCCCCCO[Si](c1ccccc1)(c1ccccc1)C(C)(C)C)S(=O)(=O)c1ccccc1. The van der Waals surface area contributed by atoms with Crippen LogP contribution in [0.2, 0.25) is 5.04 Å². The summed E-state index contributed by atoms with van der Waals surface area (Å²) in [5.41, 5.74) is 0. The van der Waals surface area contributed by atoms with Gasteiger partial charge in [-0.2, -0.15) is 0 Å². The highest BCUT2D eigenvalue weighted by atomic mass is 32.2. The van der Waals surface area contributed by atoms with Crippen LogP contribution < -0.4 is 10.4 Å². The van der Waals surface area contributed by atoms with Crippen molar-refractivity contribution in [3.63, 3.8) is 0 Å². The summed E-state index contributed by atoms with van der Waals surface area (Å²) in [5, 5.41) is 2.41. The smallest absolute Gasteiger partial charge is 0.261 e. The maximum atomic E-state index is 13.7. The molecule has 0 saturated carbocycles. The largest absolute Gasteiger partial charge is 0.407 e. The zero-order valence-corrected chi connectivity index (χ0v) is 39.4. The Hall–Kier alpha value is -3.25. The van der Waals surface area contributed by atoms with E-state index in [-0.39, 0.29) is 10.3 Å². The first kappa shape index (κ1) is 50.1. The lowest BCUT2D eigenvalue weighted by molar-refractivity contribution is 0.286. The second kappa shape index (κ2) is 29.9. The summed E-state index contributed by atoms with van der Waals surface area (Å²) in [5.74, 6) is 0. The molecule has 5 heteroatoms. The van der Waals surface area contributed by atoms with Crippen LogP contribution in [0.25, 0.3) is 0 Å². The number of sulfone groups is 1. The lowest BCUT2D eigenvalue weighted by Gasteiger charge is -2.43. The molecule has 0 aliphatic rings. The van der Waals surface area contributed by atoms with E-state index in [4.69, 9.17) is 4.43 Å². The van der Waals surface area contributed by atoms with Crippen LogP contribution in [0.4, 0.5) is 0 Å². The van der Waals surface area contributed by atoms with Crippen molar-refractivity contribution in [2.75, 3.05) is 6.61 Å². The molecule has 0 aliphatic heterocycles. The van der Waals surface area contributed by atoms with Gasteiger partial charge in [-0.05, 0) is 91.8 Å². The highest BCUT2D eigenvalue weighted by molar-refractivity contribution is 7.92. The summed E-state index contributed by atoms with van der Waals surface area (Å²) in [7, 11) is -5.78. The molecule has 3 aromatic carbocycles. The van der Waals surface area contributed by atoms with Crippen LogP contribution in [0.1, 0.15) is 163 Å². The number of allylic oxidation sites excluding steroid dienone is 8. The molecule has 0 heterocycles. The summed E-state index contributed by atoms with van der Waals surface area (Å²) in [6.07, 6.45) is 41.1. The van der Waals surface area contributed by atoms with Crippen LogP contribution in [0.5, 0.6) is 0 Å². The van der Waals surface area contributed by atoms with Crippen molar-refractivity contribution < 1.29 is 12.8 Å². The molecule has 0 bridgehead atoms. The molecule has 1 unspecified atom stereocenters. The molecule has 0 amide bonds. The monoisotopic (exact) mass is 837 g/mol. The van der Waals surface area contributed by atoms with Gasteiger partial charge in [0.15, 0.2) is 9.84 Å². The number of hydrogen-bond donors (Lipinski definition) is 0. The fourth-order valence-electron chi connectivity index (χ4n) is 8.15. The predicted octanol–water partition coefficient (Wildman–Crippen LogP) is 14.8. The predicted molar refractivity (Wildman–Crippen MR) is 260 cm³/mol. The topological polar surface area (TPSA) is 43.4 Å². The second-order valence-corrected chi connectivity index (χ2v) is 23.9. The van der Waals surface area contributed by atoms with Gasteiger partial charge in [-0.15, -0.1) is 0 Å². The average molecular weight is 837 g/mol. The normalized spacial score (nSPS) is 13.4. The van der Waals surface area contributed by atoms with E-state index in [1.807, 2.05) is 18.2 Å². The van der Waals surface area contributed by atoms with E-state index in [9.17, 15) is 8.42 Å². The van der Waals surface area contributed by atoms with Gasteiger partial charge in [0.2, 0.25) is 0 Å². The first-order valence-electron chi connectivity index (χ1n) is 23.4. The standard InChI is InChI=1S/C54H80O3SSi/c1-5-6-7-8-9-10-11-12-13-14-15-16-17-18-20-23-26-32-41-50(58(55,56)51-43-34-29-35-44-51)42-33-27-24-21-19-22-25-28-40-49-57-59(54(2,3)4,52-45-36-30-37-46-52)53-47-38-31-39-48-53/h9-10,12-13,15-16,18,20,29-31,34-39,43-48,50H,5-8,11,14,17,19,21-28,32-33,40-42,49H2,1-4H3/b10-9-,13-12-,16-15-,20-18-. The van der Waals surface area contributed by atoms with Crippen molar-refractivity contribution in [2.45, 2.75) is 178 Å². The van der Waals surface area contributed by atoms with Gasteiger partial charge >= 0.3 is 0 Å². The fourth-order valence-corrected chi connectivity index (χ4v) is 14.6. The molecule has 0 saturated heterocycles. The number of hydrogen-bond acceptors (Lipinski definition) is 3. The van der Waals surface area contributed by atoms with Crippen LogP contribution in [0.15, 0.2) is 144 Å². The fraction of sp³-hybridized carbons (Fsp3) is 0.519. The minimum atomic E-state index is -3.33. The molecule has 0 N–H and O–H groups in total. The van der Waals surface area contributed by atoms with Gasteiger partial charge in [-0.3, -0.25) is 0 Å². The van der Waals surface area contributed by atoms with Crippen molar-refractivity contribution in [1.29, 1.82) is 0 Å². The highest BCUT2D eigenvalue weighted by Gasteiger charge is 2.49. The van der Waals surface area contributed by atoms with Crippen LogP contribution in [-0.4, -0.2) is 28.6 Å². The molecule has 59 heavy (non-hydrogen) atoms. The summed E-state index contributed by atoms with van der Waals surface area (Å²) >= 11 is 0. The third-order valence-corrected chi connectivity index (χ3v) is 18.8. The average Bonchev–Trinajstić information content (AvgIpc) is 3.24. The quantitative estimate of drug-likeness (QED) is 0.0357. The van der Waals surface area contributed by atoms with Gasteiger partial charge in [-0.25, -0.2) is 8.42 Å².